The van der Waals surface area contributed by atoms with Crippen LogP contribution >= 0.6 is 11.6 Å². The molecule has 0 radical (unpaired) electrons. The third-order valence-electron chi connectivity index (χ3n) is 1.57. The second-order valence-electron chi connectivity index (χ2n) is 2.55. The molecule has 0 saturated heterocycles. The molecular weight excluding hydrogens is 220 g/mol. The van der Waals surface area contributed by atoms with Gasteiger partial charge in [-0.2, -0.15) is 0 Å². The Labute approximate surface area is 90.7 Å². The highest BCUT2D eigenvalue weighted by Crippen LogP contribution is 2.28. The van der Waals surface area contributed by atoms with Gasteiger partial charge in [-0.05, 0) is 12.1 Å². The summed E-state index contributed by atoms with van der Waals surface area (Å²) in [5.41, 5.74) is -0.119. The second kappa shape index (κ2) is 4.61. The van der Waals surface area contributed by atoms with E-state index in [1.54, 1.807) is 0 Å². The summed E-state index contributed by atoms with van der Waals surface area (Å²) in [5, 5.41) is 8.63. The summed E-state index contributed by atoms with van der Waals surface area (Å²) in [5.74, 6) is -1.88. The highest BCUT2D eigenvalue weighted by Gasteiger charge is 2.14. The molecule has 1 aromatic rings. The van der Waals surface area contributed by atoms with E-state index in [1.165, 1.54) is 18.2 Å². The third-order valence-corrected chi connectivity index (χ3v) is 1.96. The van der Waals surface area contributed by atoms with E-state index in [1.807, 2.05) is 0 Å². The predicted molar refractivity (Wildman–Crippen MR) is 54.2 cm³/mol. The molecule has 78 valence electrons. The van der Waals surface area contributed by atoms with Gasteiger partial charge in [0.25, 0.3) is 0 Å². The van der Waals surface area contributed by atoms with Gasteiger partial charge in [-0.15, -0.1) is 0 Å². The number of aromatic carboxylic acids is 1. The van der Waals surface area contributed by atoms with Gasteiger partial charge in [0, 0.05) is 6.08 Å². The summed E-state index contributed by atoms with van der Waals surface area (Å²) in [6.45, 7) is 3.21. The van der Waals surface area contributed by atoms with Crippen LogP contribution in [-0.2, 0) is 4.79 Å². The monoisotopic (exact) mass is 226 g/mol. The smallest absolute Gasteiger partial charge is 0.337 e. The van der Waals surface area contributed by atoms with Crippen molar-refractivity contribution < 1.29 is 19.4 Å². The topological polar surface area (TPSA) is 63.6 Å². The van der Waals surface area contributed by atoms with Crippen LogP contribution in [0.4, 0.5) is 0 Å². The highest BCUT2D eigenvalue weighted by molar-refractivity contribution is 6.35. The molecular formula is C10H7ClO4. The van der Waals surface area contributed by atoms with Crippen molar-refractivity contribution in [2.45, 2.75) is 0 Å². The van der Waals surface area contributed by atoms with E-state index in [-0.39, 0.29) is 16.3 Å². The summed E-state index contributed by atoms with van der Waals surface area (Å²) in [6.07, 6.45) is 0.962. The van der Waals surface area contributed by atoms with Crippen molar-refractivity contribution in [1.82, 2.24) is 0 Å². The molecule has 0 spiro atoms. The zero-order valence-corrected chi connectivity index (χ0v) is 8.32. The van der Waals surface area contributed by atoms with Gasteiger partial charge in [0.05, 0.1) is 10.6 Å². The molecule has 0 atom stereocenters. The first-order valence-corrected chi connectivity index (χ1v) is 4.30. The van der Waals surface area contributed by atoms with Gasteiger partial charge >= 0.3 is 11.9 Å². The first-order chi connectivity index (χ1) is 7.06. The standard InChI is InChI=1S/C10H7ClO4/c1-2-8(12)15-7-5-3-4-6(9(7)11)10(13)14/h2-5H,1H2,(H,13,14). The Morgan fingerprint density at radius 3 is 2.67 bits per heavy atom. The van der Waals surface area contributed by atoms with Gasteiger partial charge in [0.2, 0.25) is 0 Å². The summed E-state index contributed by atoms with van der Waals surface area (Å²) in [7, 11) is 0. The number of halogens is 1. The molecule has 0 aliphatic carbocycles. The Hall–Kier alpha value is -1.81. The lowest BCUT2D eigenvalue weighted by Gasteiger charge is -2.05. The number of hydrogen-bond donors (Lipinski definition) is 1. The summed E-state index contributed by atoms with van der Waals surface area (Å²) in [6, 6.07) is 4.15. The van der Waals surface area contributed by atoms with Crippen LogP contribution in [0.3, 0.4) is 0 Å². The van der Waals surface area contributed by atoms with Crippen molar-refractivity contribution in [1.29, 1.82) is 0 Å². The van der Waals surface area contributed by atoms with Crippen molar-refractivity contribution in [2.24, 2.45) is 0 Å². The SMILES string of the molecule is C=CC(=O)Oc1cccc(C(=O)O)c1Cl. The Morgan fingerprint density at radius 1 is 1.47 bits per heavy atom. The van der Waals surface area contributed by atoms with Crippen LogP contribution in [0.5, 0.6) is 5.75 Å². The maximum atomic E-state index is 10.9. The van der Waals surface area contributed by atoms with E-state index < -0.39 is 11.9 Å². The highest BCUT2D eigenvalue weighted by atomic mass is 35.5. The average Bonchev–Trinajstić information content (AvgIpc) is 2.20. The first-order valence-electron chi connectivity index (χ1n) is 3.92. The largest absolute Gasteiger partial charge is 0.478 e. The molecule has 0 fully saturated rings. The number of esters is 1. The third kappa shape index (κ3) is 2.57. The van der Waals surface area contributed by atoms with Gasteiger partial charge in [-0.1, -0.05) is 24.2 Å². The maximum Gasteiger partial charge on any atom is 0.337 e. The molecule has 0 aliphatic heterocycles. The molecule has 1 rings (SSSR count). The van der Waals surface area contributed by atoms with E-state index >= 15 is 0 Å². The quantitative estimate of drug-likeness (QED) is 0.487. The maximum absolute atomic E-state index is 10.9. The van der Waals surface area contributed by atoms with Gasteiger partial charge < -0.3 is 9.84 Å². The zero-order chi connectivity index (χ0) is 11.4. The molecule has 0 aliphatic rings. The molecule has 0 amide bonds. The fourth-order valence-corrected chi connectivity index (χ4v) is 1.15. The molecule has 5 heteroatoms. The molecule has 1 aromatic carbocycles. The van der Waals surface area contributed by atoms with Crippen LogP contribution in [0.1, 0.15) is 10.4 Å². The molecule has 0 aromatic heterocycles. The van der Waals surface area contributed by atoms with Crippen molar-refractivity contribution >= 4 is 23.5 Å². The minimum Gasteiger partial charge on any atom is -0.478 e. The first kappa shape index (κ1) is 11.3. The van der Waals surface area contributed by atoms with Gasteiger partial charge in [0.1, 0.15) is 0 Å². The summed E-state index contributed by atoms with van der Waals surface area (Å²) >= 11 is 5.71. The van der Waals surface area contributed by atoms with Crippen LogP contribution < -0.4 is 4.74 Å². The molecule has 1 N–H and O–H groups in total. The number of carboxylic acids is 1. The van der Waals surface area contributed by atoms with E-state index in [2.05, 4.69) is 6.58 Å². The molecule has 0 heterocycles. The Morgan fingerprint density at radius 2 is 2.13 bits per heavy atom. The van der Waals surface area contributed by atoms with Gasteiger partial charge in [0.15, 0.2) is 5.75 Å². The molecule has 0 unspecified atom stereocenters. The lowest BCUT2D eigenvalue weighted by molar-refractivity contribution is -0.128. The summed E-state index contributed by atoms with van der Waals surface area (Å²) < 4.78 is 4.73. The van der Waals surface area contributed by atoms with Crippen LogP contribution in [0.25, 0.3) is 0 Å². The number of carbonyl (C=O) groups is 2. The molecule has 0 saturated carbocycles. The van der Waals surface area contributed by atoms with Crippen LogP contribution in [0, 0.1) is 0 Å². The van der Waals surface area contributed by atoms with Gasteiger partial charge in [-0.3, -0.25) is 0 Å². The minimum atomic E-state index is -1.18. The van der Waals surface area contributed by atoms with Crippen molar-refractivity contribution in [3.05, 3.63) is 41.4 Å². The van der Waals surface area contributed by atoms with E-state index in [0.717, 1.165) is 6.08 Å². The summed E-state index contributed by atoms with van der Waals surface area (Å²) in [4.78, 5) is 21.6. The fraction of sp³-hybridized carbons (Fsp3) is 0. The Bertz CT molecular complexity index is 425. The van der Waals surface area contributed by atoms with Gasteiger partial charge in [-0.25, -0.2) is 9.59 Å². The van der Waals surface area contributed by atoms with Crippen molar-refractivity contribution in [3.8, 4) is 5.75 Å². The Balaban J connectivity index is 3.09. The van der Waals surface area contributed by atoms with E-state index in [4.69, 9.17) is 21.4 Å². The molecule has 0 bridgehead atoms. The fourth-order valence-electron chi connectivity index (χ4n) is 0.905. The Kier molecular flexibility index (Phi) is 3.46. The second-order valence-corrected chi connectivity index (χ2v) is 2.93. The van der Waals surface area contributed by atoms with E-state index in [9.17, 15) is 9.59 Å². The number of ether oxygens (including phenoxy) is 1. The average molecular weight is 227 g/mol. The zero-order valence-electron chi connectivity index (χ0n) is 7.57. The number of hydrogen-bond acceptors (Lipinski definition) is 3. The number of benzene rings is 1. The minimum absolute atomic E-state index is 0.00136. The van der Waals surface area contributed by atoms with E-state index in [0.29, 0.717) is 0 Å². The predicted octanol–water partition coefficient (Wildman–Crippen LogP) is 2.13. The normalized spacial score (nSPS) is 9.40. The number of carboxylic acid groups (broad SMARTS) is 1. The van der Waals surface area contributed by atoms with Crippen LogP contribution in [0.15, 0.2) is 30.9 Å². The number of carbonyl (C=O) groups excluding carboxylic acids is 1. The van der Waals surface area contributed by atoms with Crippen molar-refractivity contribution in [2.75, 3.05) is 0 Å². The van der Waals surface area contributed by atoms with Crippen LogP contribution in [-0.4, -0.2) is 17.0 Å². The lowest BCUT2D eigenvalue weighted by atomic mass is 10.2. The molecule has 15 heavy (non-hydrogen) atoms. The van der Waals surface area contributed by atoms with Crippen molar-refractivity contribution in [3.63, 3.8) is 0 Å². The molecule has 4 nitrogen and oxygen atoms in total. The number of rotatable bonds is 3. The lowest BCUT2D eigenvalue weighted by Crippen LogP contribution is -2.05. The van der Waals surface area contributed by atoms with Crippen LogP contribution in [0.2, 0.25) is 5.02 Å².